The fourth-order valence-electron chi connectivity index (χ4n) is 2.49. The van der Waals surface area contributed by atoms with Crippen LogP contribution < -0.4 is 10.6 Å². The Morgan fingerprint density at radius 3 is 2.11 bits per heavy atom. The molecular weight excluding hydrogens is 386 g/mol. The number of anilines is 1. The number of halogens is 1. The van der Waals surface area contributed by atoms with Gasteiger partial charge in [-0.15, -0.1) is 12.4 Å². The summed E-state index contributed by atoms with van der Waals surface area (Å²) in [7, 11) is -3.45. The Labute approximate surface area is 167 Å². The molecule has 148 valence electrons. The van der Waals surface area contributed by atoms with Gasteiger partial charge in [0.1, 0.15) is 0 Å². The Kier molecular flexibility index (Phi) is 9.28. The third-order valence-electron chi connectivity index (χ3n) is 3.98. The van der Waals surface area contributed by atoms with Gasteiger partial charge >= 0.3 is 0 Å². The van der Waals surface area contributed by atoms with Gasteiger partial charge in [0.25, 0.3) is 0 Å². The lowest BCUT2D eigenvalue weighted by molar-refractivity contribution is -0.119. The van der Waals surface area contributed by atoms with E-state index in [4.69, 9.17) is 0 Å². The maximum absolute atomic E-state index is 12.4. The molecular formula is C19H26ClN3O3S. The molecule has 6 nitrogen and oxygen atoms in total. The van der Waals surface area contributed by atoms with E-state index >= 15 is 0 Å². The lowest BCUT2D eigenvalue weighted by Gasteiger charge is -2.18. The summed E-state index contributed by atoms with van der Waals surface area (Å²) in [5, 5.41) is 5.85. The van der Waals surface area contributed by atoms with E-state index in [0.717, 1.165) is 11.3 Å². The average Bonchev–Trinajstić information content (AvgIpc) is 2.66. The Balaban J connectivity index is 0.00000364. The molecule has 0 atom stereocenters. The second-order valence-electron chi connectivity index (χ2n) is 5.73. The lowest BCUT2D eigenvalue weighted by atomic mass is 10.2. The Bertz CT molecular complexity index is 808. The molecule has 0 aliphatic rings. The van der Waals surface area contributed by atoms with Crippen LogP contribution in [0.2, 0.25) is 0 Å². The zero-order valence-electron chi connectivity index (χ0n) is 15.5. The molecule has 1 amide bonds. The van der Waals surface area contributed by atoms with Crippen molar-refractivity contribution >= 4 is 34.0 Å². The number of nitrogens with zero attached hydrogens (tertiary/aromatic N) is 1. The maximum Gasteiger partial charge on any atom is 0.243 e. The highest BCUT2D eigenvalue weighted by atomic mass is 35.5. The van der Waals surface area contributed by atoms with E-state index < -0.39 is 10.0 Å². The van der Waals surface area contributed by atoms with Crippen LogP contribution in [-0.4, -0.2) is 38.3 Å². The molecule has 0 heterocycles. The van der Waals surface area contributed by atoms with Crippen LogP contribution in [0.5, 0.6) is 0 Å². The molecule has 27 heavy (non-hydrogen) atoms. The van der Waals surface area contributed by atoms with Crippen molar-refractivity contribution in [3.8, 4) is 0 Å². The third kappa shape index (κ3) is 6.53. The van der Waals surface area contributed by atoms with Gasteiger partial charge in [0, 0.05) is 25.3 Å². The summed E-state index contributed by atoms with van der Waals surface area (Å²) in [6.45, 7) is 5.03. The fraction of sp³-hybridized carbons (Fsp3) is 0.316. The normalized spacial score (nSPS) is 10.9. The number of hydrogen-bond acceptors (Lipinski definition) is 4. The first-order chi connectivity index (χ1) is 12.5. The van der Waals surface area contributed by atoms with E-state index in [1.54, 1.807) is 24.3 Å². The SMILES string of the molecule is CCN(CC)S(=O)(=O)c1ccc(CNC(=O)CNc2ccccc2)cc1.Cl. The van der Waals surface area contributed by atoms with Crippen LogP contribution in [-0.2, 0) is 21.4 Å². The molecule has 0 saturated carbocycles. The van der Waals surface area contributed by atoms with Crippen molar-refractivity contribution in [2.24, 2.45) is 0 Å². The third-order valence-corrected chi connectivity index (χ3v) is 6.05. The quantitative estimate of drug-likeness (QED) is 0.665. The summed E-state index contributed by atoms with van der Waals surface area (Å²) in [4.78, 5) is 12.2. The van der Waals surface area contributed by atoms with Gasteiger partial charge in [-0.1, -0.05) is 44.2 Å². The molecule has 2 aromatic rings. The van der Waals surface area contributed by atoms with E-state index in [1.807, 2.05) is 44.2 Å². The predicted octanol–water partition coefficient (Wildman–Crippen LogP) is 2.87. The summed E-state index contributed by atoms with van der Waals surface area (Å²) < 4.78 is 26.3. The van der Waals surface area contributed by atoms with E-state index in [2.05, 4.69) is 10.6 Å². The number of benzene rings is 2. The molecule has 2 N–H and O–H groups in total. The number of nitrogens with one attached hydrogen (secondary N) is 2. The first-order valence-corrected chi connectivity index (χ1v) is 10.1. The average molecular weight is 412 g/mol. The molecule has 0 spiro atoms. The zero-order chi connectivity index (χ0) is 19.0. The van der Waals surface area contributed by atoms with Gasteiger partial charge < -0.3 is 10.6 Å². The topological polar surface area (TPSA) is 78.5 Å². The maximum atomic E-state index is 12.4. The van der Waals surface area contributed by atoms with Gasteiger partial charge in [-0.3, -0.25) is 4.79 Å². The number of hydrogen-bond donors (Lipinski definition) is 2. The minimum atomic E-state index is -3.45. The summed E-state index contributed by atoms with van der Waals surface area (Å²) in [5.41, 5.74) is 1.73. The minimum Gasteiger partial charge on any atom is -0.376 e. The summed E-state index contributed by atoms with van der Waals surface area (Å²) in [6.07, 6.45) is 0. The van der Waals surface area contributed by atoms with E-state index in [1.165, 1.54) is 4.31 Å². The van der Waals surface area contributed by atoms with Gasteiger partial charge in [-0.05, 0) is 29.8 Å². The number of para-hydroxylation sites is 1. The molecule has 0 bridgehead atoms. The van der Waals surface area contributed by atoms with E-state index in [9.17, 15) is 13.2 Å². The van der Waals surface area contributed by atoms with Crippen LogP contribution in [0.1, 0.15) is 19.4 Å². The number of rotatable bonds is 9. The van der Waals surface area contributed by atoms with Crippen molar-refractivity contribution in [3.63, 3.8) is 0 Å². The number of amides is 1. The van der Waals surface area contributed by atoms with Crippen molar-refractivity contribution < 1.29 is 13.2 Å². The Morgan fingerprint density at radius 2 is 1.56 bits per heavy atom. The van der Waals surface area contributed by atoms with Gasteiger partial charge in [0.2, 0.25) is 15.9 Å². The van der Waals surface area contributed by atoms with Crippen molar-refractivity contribution in [2.45, 2.75) is 25.3 Å². The first kappa shape index (κ1) is 23.0. The first-order valence-electron chi connectivity index (χ1n) is 8.62. The molecule has 0 aliphatic heterocycles. The van der Waals surface area contributed by atoms with E-state index in [0.29, 0.717) is 19.6 Å². The fourth-order valence-corrected chi connectivity index (χ4v) is 3.95. The molecule has 0 unspecified atom stereocenters. The van der Waals surface area contributed by atoms with Crippen molar-refractivity contribution in [1.29, 1.82) is 0 Å². The predicted molar refractivity (Wildman–Crippen MR) is 111 cm³/mol. The van der Waals surface area contributed by atoms with Crippen LogP contribution in [0.15, 0.2) is 59.5 Å². The largest absolute Gasteiger partial charge is 0.376 e. The smallest absolute Gasteiger partial charge is 0.243 e. The summed E-state index contributed by atoms with van der Waals surface area (Å²) in [6, 6.07) is 16.1. The van der Waals surface area contributed by atoms with Crippen LogP contribution >= 0.6 is 12.4 Å². The highest BCUT2D eigenvalue weighted by molar-refractivity contribution is 7.89. The van der Waals surface area contributed by atoms with Crippen LogP contribution in [0.25, 0.3) is 0 Å². The van der Waals surface area contributed by atoms with Gasteiger partial charge in [-0.2, -0.15) is 4.31 Å². The zero-order valence-corrected chi connectivity index (χ0v) is 17.1. The van der Waals surface area contributed by atoms with Crippen molar-refractivity contribution in [1.82, 2.24) is 9.62 Å². The van der Waals surface area contributed by atoms with Gasteiger partial charge in [-0.25, -0.2) is 8.42 Å². The molecule has 0 aliphatic carbocycles. The van der Waals surface area contributed by atoms with Crippen LogP contribution in [0, 0.1) is 0 Å². The Morgan fingerprint density at radius 1 is 0.963 bits per heavy atom. The van der Waals surface area contributed by atoms with Gasteiger partial charge in [0.15, 0.2) is 0 Å². The monoisotopic (exact) mass is 411 g/mol. The molecule has 0 fully saturated rings. The highest BCUT2D eigenvalue weighted by Crippen LogP contribution is 2.16. The standard InChI is InChI=1S/C19H25N3O3S.ClH/c1-3-22(4-2)26(24,25)18-12-10-16(11-13-18)14-21-19(23)15-20-17-8-6-5-7-9-17;/h5-13,20H,3-4,14-15H2,1-2H3,(H,21,23);1H. The van der Waals surface area contributed by atoms with E-state index in [-0.39, 0.29) is 29.8 Å². The minimum absolute atomic E-state index is 0. The Hall–Kier alpha value is -2.09. The second-order valence-corrected chi connectivity index (χ2v) is 7.67. The molecule has 0 saturated heterocycles. The summed E-state index contributed by atoms with van der Waals surface area (Å²) >= 11 is 0. The molecule has 0 aromatic heterocycles. The van der Waals surface area contributed by atoms with Crippen LogP contribution in [0.3, 0.4) is 0 Å². The lowest BCUT2D eigenvalue weighted by Crippen LogP contribution is -2.31. The van der Waals surface area contributed by atoms with Gasteiger partial charge in [0.05, 0.1) is 11.4 Å². The molecule has 8 heteroatoms. The van der Waals surface area contributed by atoms with Crippen molar-refractivity contribution in [2.75, 3.05) is 25.0 Å². The van der Waals surface area contributed by atoms with Crippen LogP contribution in [0.4, 0.5) is 5.69 Å². The molecule has 2 aromatic carbocycles. The molecule has 0 radical (unpaired) electrons. The van der Waals surface area contributed by atoms with Crippen molar-refractivity contribution in [3.05, 3.63) is 60.2 Å². The summed E-state index contributed by atoms with van der Waals surface area (Å²) in [5.74, 6) is -0.131. The molecule has 2 rings (SSSR count). The number of carbonyl (C=O) groups excluding carboxylic acids is 1. The number of sulfonamides is 1. The highest BCUT2D eigenvalue weighted by Gasteiger charge is 2.21. The number of carbonyl (C=O) groups is 1. The second kappa shape index (κ2) is 10.9.